The van der Waals surface area contributed by atoms with Gasteiger partial charge in [-0.25, -0.2) is 9.59 Å². The molecule has 3 aromatic carbocycles. The fourth-order valence-electron chi connectivity index (χ4n) is 4.35. The highest BCUT2D eigenvalue weighted by molar-refractivity contribution is 6.27. The fraction of sp³-hybridized carbons (Fsp3) is 0.310. The van der Waals surface area contributed by atoms with Gasteiger partial charge in [0, 0.05) is 19.1 Å². The van der Waals surface area contributed by atoms with Gasteiger partial charge in [0.25, 0.3) is 0 Å². The average Bonchev–Trinajstić information content (AvgIpc) is 2.89. The number of ether oxygens (including phenoxy) is 1. The first-order valence-electron chi connectivity index (χ1n) is 12.2. The summed E-state index contributed by atoms with van der Waals surface area (Å²) in [5.41, 5.74) is 2.73. The summed E-state index contributed by atoms with van der Waals surface area (Å²) in [6.45, 7) is 7.75. The zero-order chi connectivity index (χ0) is 25.8. The second kappa shape index (κ2) is 14.0. The topological polar surface area (TPSA) is 90.3 Å². The molecular formula is C29H34N2O5. The molecule has 7 heteroatoms. The molecule has 0 aromatic heterocycles. The van der Waals surface area contributed by atoms with Gasteiger partial charge in [0.05, 0.1) is 0 Å². The van der Waals surface area contributed by atoms with Crippen LogP contribution in [0.5, 0.6) is 11.5 Å². The SMILES string of the molecule is CCN(Cc1ccccc1)C1CCN(Cc2cccc(Oc3ccccc3)c2)CC1.O=C(O)C(=O)O. The Morgan fingerprint density at radius 3 is 1.97 bits per heavy atom. The summed E-state index contributed by atoms with van der Waals surface area (Å²) in [6.07, 6.45) is 2.47. The second-order valence-electron chi connectivity index (χ2n) is 8.73. The molecule has 1 aliphatic rings. The Kier molecular flexibility index (Phi) is 10.5. The van der Waals surface area contributed by atoms with Crippen molar-refractivity contribution in [3.05, 3.63) is 96.1 Å². The molecule has 4 rings (SSSR count). The zero-order valence-electron chi connectivity index (χ0n) is 20.6. The van der Waals surface area contributed by atoms with E-state index in [1.165, 1.54) is 24.0 Å². The molecule has 0 bridgehead atoms. The quantitative estimate of drug-likeness (QED) is 0.424. The Morgan fingerprint density at radius 2 is 1.39 bits per heavy atom. The number of carboxylic acids is 2. The van der Waals surface area contributed by atoms with Gasteiger partial charge in [-0.2, -0.15) is 0 Å². The van der Waals surface area contributed by atoms with Crippen LogP contribution in [0.2, 0.25) is 0 Å². The largest absolute Gasteiger partial charge is 0.473 e. The molecule has 0 atom stereocenters. The third kappa shape index (κ3) is 8.83. The molecule has 1 fully saturated rings. The lowest BCUT2D eigenvalue weighted by molar-refractivity contribution is -0.159. The van der Waals surface area contributed by atoms with Crippen LogP contribution in [0.25, 0.3) is 0 Å². The van der Waals surface area contributed by atoms with Gasteiger partial charge >= 0.3 is 11.9 Å². The molecule has 0 amide bonds. The normalized spacial score (nSPS) is 14.1. The highest BCUT2D eigenvalue weighted by Gasteiger charge is 2.24. The van der Waals surface area contributed by atoms with Crippen molar-refractivity contribution in [1.29, 1.82) is 0 Å². The summed E-state index contributed by atoms with van der Waals surface area (Å²) in [6, 6.07) is 30.0. The van der Waals surface area contributed by atoms with E-state index in [9.17, 15) is 0 Å². The van der Waals surface area contributed by atoms with Gasteiger partial charge in [0.2, 0.25) is 0 Å². The van der Waals surface area contributed by atoms with Crippen LogP contribution < -0.4 is 4.74 Å². The molecule has 36 heavy (non-hydrogen) atoms. The van der Waals surface area contributed by atoms with E-state index in [1.54, 1.807) is 0 Å². The lowest BCUT2D eigenvalue weighted by atomic mass is 10.0. The molecule has 7 nitrogen and oxygen atoms in total. The average molecular weight is 491 g/mol. The maximum absolute atomic E-state index is 9.10. The number of carbonyl (C=O) groups is 2. The first-order valence-corrected chi connectivity index (χ1v) is 12.2. The maximum atomic E-state index is 9.10. The molecule has 3 aromatic rings. The van der Waals surface area contributed by atoms with Crippen molar-refractivity contribution in [3.8, 4) is 11.5 Å². The molecule has 0 saturated carbocycles. The van der Waals surface area contributed by atoms with Gasteiger partial charge in [-0.3, -0.25) is 9.80 Å². The van der Waals surface area contributed by atoms with Crippen LogP contribution in [0, 0.1) is 0 Å². The number of aliphatic carboxylic acids is 2. The van der Waals surface area contributed by atoms with Crippen molar-refractivity contribution in [1.82, 2.24) is 9.80 Å². The minimum Gasteiger partial charge on any atom is -0.473 e. The van der Waals surface area contributed by atoms with Crippen LogP contribution >= 0.6 is 0 Å². The van der Waals surface area contributed by atoms with E-state index >= 15 is 0 Å². The van der Waals surface area contributed by atoms with E-state index in [4.69, 9.17) is 24.5 Å². The Balaban J connectivity index is 0.000000538. The van der Waals surface area contributed by atoms with Gasteiger partial charge < -0.3 is 14.9 Å². The summed E-state index contributed by atoms with van der Waals surface area (Å²) in [4.78, 5) is 23.4. The van der Waals surface area contributed by atoms with Crippen molar-refractivity contribution in [2.24, 2.45) is 0 Å². The number of benzene rings is 3. The third-order valence-electron chi connectivity index (χ3n) is 6.17. The van der Waals surface area contributed by atoms with Gasteiger partial charge in [0.15, 0.2) is 0 Å². The molecular weight excluding hydrogens is 456 g/mol. The van der Waals surface area contributed by atoms with E-state index in [1.807, 2.05) is 36.4 Å². The lowest BCUT2D eigenvalue weighted by Gasteiger charge is -2.38. The molecule has 0 unspecified atom stereocenters. The van der Waals surface area contributed by atoms with E-state index in [-0.39, 0.29) is 0 Å². The molecule has 0 radical (unpaired) electrons. The number of carboxylic acid groups (broad SMARTS) is 2. The number of rotatable bonds is 8. The van der Waals surface area contributed by atoms with Crippen molar-refractivity contribution < 1.29 is 24.5 Å². The number of hydrogen-bond donors (Lipinski definition) is 2. The van der Waals surface area contributed by atoms with Crippen LogP contribution in [0.1, 0.15) is 30.9 Å². The van der Waals surface area contributed by atoms with Crippen molar-refractivity contribution >= 4 is 11.9 Å². The van der Waals surface area contributed by atoms with Gasteiger partial charge in [-0.05, 0) is 67.9 Å². The minimum atomic E-state index is -1.82. The summed E-state index contributed by atoms with van der Waals surface area (Å²) in [5, 5.41) is 14.8. The maximum Gasteiger partial charge on any atom is 0.414 e. The highest BCUT2D eigenvalue weighted by Crippen LogP contribution is 2.24. The van der Waals surface area contributed by atoms with Crippen molar-refractivity contribution in [2.45, 2.75) is 38.9 Å². The van der Waals surface area contributed by atoms with Crippen LogP contribution in [0.15, 0.2) is 84.9 Å². The van der Waals surface area contributed by atoms with Crippen LogP contribution in [-0.2, 0) is 22.7 Å². The molecule has 1 aliphatic heterocycles. The molecule has 1 saturated heterocycles. The number of hydrogen-bond acceptors (Lipinski definition) is 5. The first kappa shape index (κ1) is 26.9. The fourth-order valence-corrected chi connectivity index (χ4v) is 4.35. The minimum absolute atomic E-state index is 0.680. The first-order chi connectivity index (χ1) is 17.4. The Morgan fingerprint density at radius 1 is 0.833 bits per heavy atom. The Bertz CT molecular complexity index is 1070. The summed E-state index contributed by atoms with van der Waals surface area (Å²) in [5.74, 6) is -1.85. The lowest BCUT2D eigenvalue weighted by Crippen LogP contribution is -2.44. The predicted molar refractivity (Wildman–Crippen MR) is 139 cm³/mol. The number of para-hydroxylation sites is 1. The Hall–Kier alpha value is -3.68. The van der Waals surface area contributed by atoms with Gasteiger partial charge in [0.1, 0.15) is 11.5 Å². The molecule has 0 spiro atoms. The molecule has 1 heterocycles. The van der Waals surface area contributed by atoms with E-state index < -0.39 is 11.9 Å². The smallest absolute Gasteiger partial charge is 0.414 e. The molecule has 2 N–H and O–H groups in total. The van der Waals surface area contributed by atoms with Crippen molar-refractivity contribution in [2.75, 3.05) is 19.6 Å². The van der Waals surface area contributed by atoms with E-state index in [0.29, 0.717) is 6.04 Å². The highest BCUT2D eigenvalue weighted by atomic mass is 16.5. The van der Waals surface area contributed by atoms with Crippen LogP contribution in [0.4, 0.5) is 0 Å². The van der Waals surface area contributed by atoms with E-state index in [2.05, 4.69) is 65.3 Å². The number of likely N-dealkylation sites (tertiary alicyclic amines) is 1. The van der Waals surface area contributed by atoms with Gasteiger partial charge in [-0.15, -0.1) is 0 Å². The summed E-state index contributed by atoms with van der Waals surface area (Å²) < 4.78 is 6.00. The monoisotopic (exact) mass is 490 g/mol. The van der Waals surface area contributed by atoms with E-state index in [0.717, 1.165) is 44.2 Å². The third-order valence-corrected chi connectivity index (χ3v) is 6.17. The Labute approximate surface area is 212 Å². The van der Waals surface area contributed by atoms with Crippen molar-refractivity contribution in [3.63, 3.8) is 0 Å². The molecule has 0 aliphatic carbocycles. The number of piperidine rings is 1. The second-order valence-corrected chi connectivity index (χ2v) is 8.73. The molecule has 190 valence electrons. The zero-order valence-corrected chi connectivity index (χ0v) is 20.6. The van der Waals surface area contributed by atoms with Crippen LogP contribution in [0.3, 0.4) is 0 Å². The summed E-state index contributed by atoms with van der Waals surface area (Å²) in [7, 11) is 0. The van der Waals surface area contributed by atoms with Gasteiger partial charge in [-0.1, -0.05) is 67.6 Å². The summed E-state index contributed by atoms with van der Waals surface area (Å²) >= 11 is 0. The predicted octanol–water partition coefficient (Wildman–Crippen LogP) is 5.12. The van der Waals surface area contributed by atoms with Crippen LogP contribution in [-0.4, -0.2) is 57.6 Å². The number of nitrogens with zero attached hydrogens (tertiary/aromatic N) is 2. The standard InChI is InChI=1S/C27H32N2O.C2H2O4/c1-2-29(22-23-10-5-3-6-11-23)25-16-18-28(19-17-25)21-24-12-9-15-27(20-24)30-26-13-7-4-8-14-26;3-1(4)2(5)6/h3-15,20,25H,2,16-19,21-22H2,1H3;(H,3,4)(H,5,6).